The Morgan fingerprint density at radius 3 is 2.94 bits per heavy atom. The number of thiazole rings is 1. The first kappa shape index (κ1) is 12.4. The van der Waals surface area contributed by atoms with Crippen molar-refractivity contribution in [3.63, 3.8) is 0 Å². The zero-order chi connectivity index (χ0) is 12.1. The Hall–Kier alpha value is -1.70. The van der Waals surface area contributed by atoms with E-state index in [1.54, 1.807) is 6.92 Å². The zero-order valence-corrected chi connectivity index (χ0v) is 9.36. The Bertz CT molecular complexity index is 392. The highest BCUT2D eigenvalue weighted by Crippen LogP contribution is 2.25. The molecule has 2 N–H and O–H groups in total. The SMILES string of the molecule is CCC(CNc1ncc([N+](=O)[O-])s1)C(=O)O. The van der Waals surface area contributed by atoms with Crippen LogP contribution in [0.15, 0.2) is 6.20 Å². The number of anilines is 1. The van der Waals surface area contributed by atoms with Crippen LogP contribution in [0.2, 0.25) is 0 Å². The maximum Gasteiger partial charge on any atom is 0.345 e. The number of rotatable bonds is 6. The van der Waals surface area contributed by atoms with Crippen molar-refractivity contribution in [3.05, 3.63) is 16.3 Å². The molecule has 0 spiro atoms. The average molecular weight is 245 g/mol. The van der Waals surface area contributed by atoms with Crippen LogP contribution >= 0.6 is 11.3 Å². The number of carboxylic acids is 1. The molecule has 1 atom stereocenters. The van der Waals surface area contributed by atoms with Gasteiger partial charge in [0, 0.05) is 6.54 Å². The van der Waals surface area contributed by atoms with Crippen molar-refractivity contribution < 1.29 is 14.8 Å². The van der Waals surface area contributed by atoms with Gasteiger partial charge in [0.15, 0.2) is 5.13 Å². The first-order valence-corrected chi connectivity index (χ1v) is 5.43. The third-order valence-electron chi connectivity index (χ3n) is 2.02. The molecule has 0 radical (unpaired) electrons. The molecular formula is C8H11N3O4S. The lowest BCUT2D eigenvalue weighted by Gasteiger charge is -2.09. The molecule has 1 heterocycles. The molecule has 0 aliphatic carbocycles. The van der Waals surface area contributed by atoms with E-state index in [4.69, 9.17) is 5.11 Å². The van der Waals surface area contributed by atoms with Gasteiger partial charge in [-0.3, -0.25) is 14.9 Å². The minimum Gasteiger partial charge on any atom is -0.481 e. The first-order valence-electron chi connectivity index (χ1n) is 4.61. The van der Waals surface area contributed by atoms with Crippen LogP contribution in [-0.4, -0.2) is 27.5 Å². The van der Waals surface area contributed by atoms with Crippen LogP contribution < -0.4 is 5.32 Å². The molecular weight excluding hydrogens is 234 g/mol. The van der Waals surface area contributed by atoms with Crippen LogP contribution in [0.1, 0.15) is 13.3 Å². The summed E-state index contributed by atoms with van der Waals surface area (Å²) in [6.07, 6.45) is 1.64. The fraction of sp³-hybridized carbons (Fsp3) is 0.500. The molecule has 1 rings (SSSR count). The van der Waals surface area contributed by atoms with Crippen molar-refractivity contribution in [2.45, 2.75) is 13.3 Å². The summed E-state index contributed by atoms with van der Waals surface area (Å²) >= 11 is 0.891. The van der Waals surface area contributed by atoms with E-state index in [0.29, 0.717) is 11.6 Å². The number of carboxylic acid groups (broad SMARTS) is 1. The number of nitrogens with zero attached hydrogens (tertiary/aromatic N) is 2. The highest BCUT2D eigenvalue weighted by Gasteiger charge is 2.16. The lowest BCUT2D eigenvalue weighted by Crippen LogP contribution is -2.21. The summed E-state index contributed by atoms with van der Waals surface area (Å²) in [7, 11) is 0. The van der Waals surface area contributed by atoms with E-state index in [9.17, 15) is 14.9 Å². The normalized spacial score (nSPS) is 12.1. The van der Waals surface area contributed by atoms with Crippen LogP contribution in [0.5, 0.6) is 0 Å². The second-order valence-electron chi connectivity index (χ2n) is 3.09. The summed E-state index contributed by atoms with van der Waals surface area (Å²) in [4.78, 5) is 24.3. The topological polar surface area (TPSA) is 105 Å². The van der Waals surface area contributed by atoms with Gasteiger partial charge in [-0.2, -0.15) is 0 Å². The molecule has 0 aromatic carbocycles. The molecule has 16 heavy (non-hydrogen) atoms. The third-order valence-corrected chi connectivity index (χ3v) is 2.92. The second kappa shape index (κ2) is 5.40. The Labute approximate surface area is 95.3 Å². The van der Waals surface area contributed by atoms with Crippen molar-refractivity contribution in [2.24, 2.45) is 5.92 Å². The Morgan fingerprint density at radius 1 is 1.81 bits per heavy atom. The first-order chi connectivity index (χ1) is 7.54. The maximum absolute atomic E-state index is 10.7. The number of nitrogens with one attached hydrogen (secondary N) is 1. The molecule has 0 aliphatic heterocycles. The molecule has 1 unspecified atom stereocenters. The predicted molar refractivity (Wildman–Crippen MR) is 58.7 cm³/mol. The standard InChI is InChI=1S/C8H11N3O4S/c1-2-5(7(12)13)3-9-8-10-4-6(16-8)11(14)15/h4-5H,2-3H2,1H3,(H,9,10)(H,12,13). The average Bonchev–Trinajstić information content (AvgIpc) is 2.67. The number of aromatic nitrogens is 1. The number of hydrogen-bond donors (Lipinski definition) is 2. The summed E-state index contributed by atoms with van der Waals surface area (Å²) < 4.78 is 0. The lowest BCUT2D eigenvalue weighted by molar-refractivity contribution is -0.380. The molecule has 0 aliphatic rings. The van der Waals surface area contributed by atoms with Crippen LogP contribution in [0.3, 0.4) is 0 Å². The zero-order valence-electron chi connectivity index (χ0n) is 8.54. The number of nitro groups is 1. The van der Waals surface area contributed by atoms with E-state index < -0.39 is 16.8 Å². The molecule has 7 nitrogen and oxygen atoms in total. The fourth-order valence-electron chi connectivity index (χ4n) is 1.05. The van der Waals surface area contributed by atoms with Gasteiger partial charge in [-0.1, -0.05) is 6.92 Å². The number of carbonyl (C=O) groups is 1. The monoisotopic (exact) mass is 245 g/mol. The second-order valence-corrected chi connectivity index (χ2v) is 4.09. The Kier molecular flexibility index (Phi) is 4.18. The van der Waals surface area contributed by atoms with Crippen LogP contribution in [0.4, 0.5) is 10.1 Å². The maximum atomic E-state index is 10.7. The predicted octanol–water partition coefficient (Wildman–Crippen LogP) is 1.57. The van der Waals surface area contributed by atoms with Gasteiger partial charge in [0.2, 0.25) is 0 Å². The molecule has 0 bridgehead atoms. The van der Waals surface area contributed by atoms with Crippen LogP contribution in [-0.2, 0) is 4.79 Å². The van der Waals surface area contributed by atoms with E-state index in [2.05, 4.69) is 10.3 Å². The van der Waals surface area contributed by atoms with Gasteiger partial charge in [-0.05, 0) is 17.8 Å². The van der Waals surface area contributed by atoms with E-state index in [1.807, 2.05) is 0 Å². The van der Waals surface area contributed by atoms with Gasteiger partial charge in [0.1, 0.15) is 6.20 Å². The van der Waals surface area contributed by atoms with Crippen molar-refractivity contribution in [2.75, 3.05) is 11.9 Å². The molecule has 1 aromatic heterocycles. The highest BCUT2D eigenvalue weighted by atomic mass is 32.1. The molecule has 0 saturated heterocycles. The minimum absolute atomic E-state index is 0.0640. The Balaban J connectivity index is 2.53. The quantitative estimate of drug-likeness (QED) is 0.582. The largest absolute Gasteiger partial charge is 0.481 e. The lowest BCUT2D eigenvalue weighted by atomic mass is 10.1. The van der Waals surface area contributed by atoms with Crippen molar-refractivity contribution in [1.29, 1.82) is 0 Å². The Morgan fingerprint density at radius 2 is 2.50 bits per heavy atom. The number of hydrogen-bond acceptors (Lipinski definition) is 6. The minimum atomic E-state index is -0.888. The van der Waals surface area contributed by atoms with E-state index >= 15 is 0 Å². The van der Waals surface area contributed by atoms with Gasteiger partial charge in [0.25, 0.3) is 0 Å². The molecule has 8 heteroatoms. The summed E-state index contributed by atoms with van der Waals surface area (Å²) in [5.41, 5.74) is 0. The van der Waals surface area contributed by atoms with Crippen LogP contribution in [0, 0.1) is 16.0 Å². The van der Waals surface area contributed by atoms with E-state index in [1.165, 1.54) is 0 Å². The van der Waals surface area contributed by atoms with Gasteiger partial charge in [-0.15, -0.1) is 0 Å². The van der Waals surface area contributed by atoms with E-state index in [-0.39, 0.29) is 11.5 Å². The fourth-order valence-corrected chi connectivity index (χ4v) is 1.69. The molecule has 0 amide bonds. The van der Waals surface area contributed by atoms with Crippen molar-refractivity contribution in [3.8, 4) is 0 Å². The van der Waals surface area contributed by atoms with E-state index in [0.717, 1.165) is 17.5 Å². The van der Waals surface area contributed by atoms with Crippen LogP contribution in [0.25, 0.3) is 0 Å². The van der Waals surface area contributed by atoms with Gasteiger partial charge >= 0.3 is 11.0 Å². The summed E-state index contributed by atoms with van der Waals surface area (Å²) in [5.74, 6) is -1.40. The van der Waals surface area contributed by atoms with Gasteiger partial charge in [-0.25, -0.2) is 4.98 Å². The molecule has 0 saturated carbocycles. The molecule has 88 valence electrons. The third kappa shape index (κ3) is 3.16. The van der Waals surface area contributed by atoms with Gasteiger partial charge < -0.3 is 10.4 Å². The van der Waals surface area contributed by atoms with Gasteiger partial charge in [0.05, 0.1) is 10.8 Å². The number of aliphatic carboxylic acids is 1. The van der Waals surface area contributed by atoms with Crippen molar-refractivity contribution >= 4 is 27.4 Å². The smallest absolute Gasteiger partial charge is 0.345 e. The van der Waals surface area contributed by atoms with Crippen molar-refractivity contribution in [1.82, 2.24) is 4.98 Å². The molecule has 1 aromatic rings. The summed E-state index contributed by atoms with van der Waals surface area (Å²) in [6, 6.07) is 0. The summed E-state index contributed by atoms with van der Waals surface area (Å²) in [6.45, 7) is 1.99. The highest BCUT2D eigenvalue weighted by molar-refractivity contribution is 7.18. The summed E-state index contributed by atoms with van der Waals surface area (Å²) in [5, 5.41) is 22.2. The molecule has 0 fully saturated rings.